The smallest absolute Gasteiger partial charge is 0.223 e. The minimum atomic E-state index is 0.621. The van der Waals surface area contributed by atoms with Crippen LogP contribution >= 0.6 is 11.3 Å². The van der Waals surface area contributed by atoms with Crippen molar-refractivity contribution >= 4 is 17.3 Å². The van der Waals surface area contributed by atoms with Crippen LogP contribution in [-0.4, -0.2) is 26.5 Å². The van der Waals surface area contributed by atoms with Crippen molar-refractivity contribution in [2.45, 2.75) is 19.8 Å². The van der Waals surface area contributed by atoms with Crippen molar-refractivity contribution < 1.29 is 0 Å². The molecule has 3 heterocycles. The highest BCUT2D eigenvalue weighted by molar-refractivity contribution is 7.09. The van der Waals surface area contributed by atoms with Crippen LogP contribution in [0, 0.1) is 0 Å². The molecule has 5 nitrogen and oxygen atoms in total. The van der Waals surface area contributed by atoms with Gasteiger partial charge in [-0.15, -0.1) is 11.3 Å². The van der Waals surface area contributed by atoms with E-state index < -0.39 is 0 Å². The zero-order chi connectivity index (χ0) is 15.2. The third-order valence-electron chi connectivity index (χ3n) is 3.17. The van der Waals surface area contributed by atoms with E-state index in [1.807, 2.05) is 24.3 Å². The van der Waals surface area contributed by atoms with Crippen LogP contribution in [0.5, 0.6) is 0 Å². The summed E-state index contributed by atoms with van der Waals surface area (Å²) in [5.74, 6) is 0.621. The average Bonchev–Trinajstić information content (AvgIpc) is 3.04. The summed E-state index contributed by atoms with van der Waals surface area (Å²) < 4.78 is 0. The first-order valence-electron chi connectivity index (χ1n) is 7.26. The lowest BCUT2D eigenvalue weighted by molar-refractivity contribution is 0.945. The van der Waals surface area contributed by atoms with Crippen molar-refractivity contribution in [2.24, 2.45) is 0 Å². The van der Waals surface area contributed by atoms with Gasteiger partial charge in [-0.25, -0.2) is 15.0 Å². The summed E-state index contributed by atoms with van der Waals surface area (Å²) in [6.07, 6.45) is 5.37. The fourth-order valence-corrected chi connectivity index (χ4v) is 2.89. The molecule has 0 amide bonds. The van der Waals surface area contributed by atoms with E-state index in [4.69, 9.17) is 0 Å². The van der Waals surface area contributed by atoms with E-state index in [1.165, 1.54) is 0 Å². The molecule has 0 spiro atoms. The van der Waals surface area contributed by atoms with Gasteiger partial charge in [-0.05, 0) is 24.6 Å². The summed E-state index contributed by atoms with van der Waals surface area (Å²) in [5, 5.41) is 6.51. The van der Waals surface area contributed by atoms with Crippen molar-refractivity contribution in [1.82, 2.24) is 19.9 Å². The Bertz CT molecular complexity index is 726. The summed E-state index contributed by atoms with van der Waals surface area (Å²) in [4.78, 5) is 17.6. The monoisotopic (exact) mass is 311 g/mol. The Kier molecular flexibility index (Phi) is 4.70. The Morgan fingerprint density at radius 1 is 1.05 bits per heavy atom. The molecular weight excluding hydrogens is 294 g/mol. The molecule has 0 unspecified atom stereocenters. The molecule has 0 aliphatic heterocycles. The number of pyridine rings is 1. The number of aryl methyl sites for hydroxylation is 1. The molecule has 0 radical (unpaired) electrons. The molecule has 112 valence electrons. The van der Waals surface area contributed by atoms with Gasteiger partial charge in [0.2, 0.25) is 5.95 Å². The van der Waals surface area contributed by atoms with Gasteiger partial charge in [0.1, 0.15) is 0 Å². The zero-order valence-electron chi connectivity index (χ0n) is 12.4. The molecule has 0 fully saturated rings. The first-order chi connectivity index (χ1) is 10.8. The molecule has 3 aromatic heterocycles. The number of rotatable bonds is 6. The molecule has 6 heteroatoms. The van der Waals surface area contributed by atoms with Crippen molar-refractivity contribution in [1.29, 1.82) is 0 Å². The second kappa shape index (κ2) is 7.09. The number of anilines is 1. The van der Waals surface area contributed by atoms with Gasteiger partial charge in [-0.1, -0.05) is 13.0 Å². The Morgan fingerprint density at radius 3 is 2.77 bits per heavy atom. The van der Waals surface area contributed by atoms with Gasteiger partial charge in [-0.2, -0.15) is 0 Å². The third kappa shape index (κ3) is 3.65. The maximum Gasteiger partial charge on any atom is 0.223 e. The van der Waals surface area contributed by atoms with E-state index >= 15 is 0 Å². The van der Waals surface area contributed by atoms with E-state index in [-0.39, 0.29) is 0 Å². The Labute approximate surface area is 133 Å². The molecule has 1 N–H and O–H groups in total. The molecule has 0 aliphatic carbocycles. The van der Waals surface area contributed by atoms with Crippen molar-refractivity contribution in [3.63, 3.8) is 0 Å². The molecule has 22 heavy (non-hydrogen) atoms. The van der Waals surface area contributed by atoms with Gasteiger partial charge in [-0.3, -0.25) is 4.98 Å². The minimum absolute atomic E-state index is 0.621. The van der Waals surface area contributed by atoms with E-state index in [1.54, 1.807) is 23.7 Å². The standard InChI is InChI=1S/C16H17N5S/c1-2-12-11-22-15(20-12)7-10-19-16-18-9-6-14(21-16)13-5-3-4-8-17-13/h3-6,8-9,11H,2,7,10H2,1H3,(H,18,19,21). The minimum Gasteiger partial charge on any atom is -0.354 e. The fourth-order valence-electron chi connectivity index (χ4n) is 2.01. The summed E-state index contributed by atoms with van der Waals surface area (Å²) in [6, 6.07) is 7.64. The molecule has 3 rings (SSSR count). The van der Waals surface area contributed by atoms with Gasteiger partial charge in [0.15, 0.2) is 0 Å². The Hall–Kier alpha value is -2.34. The predicted octanol–water partition coefficient (Wildman–Crippen LogP) is 3.21. The lowest BCUT2D eigenvalue weighted by Gasteiger charge is -2.05. The average molecular weight is 311 g/mol. The first kappa shape index (κ1) is 14.6. The van der Waals surface area contributed by atoms with Gasteiger partial charge in [0.25, 0.3) is 0 Å². The van der Waals surface area contributed by atoms with Gasteiger partial charge in [0, 0.05) is 30.7 Å². The summed E-state index contributed by atoms with van der Waals surface area (Å²) in [6.45, 7) is 2.89. The highest BCUT2D eigenvalue weighted by Crippen LogP contribution is 2.14. The lowest BCUT2D eigenvalue weighted by atomic mass is 10.3. The topological polar surface area (TPSA) is 63.6 Å². The number of hydrogen-bond acceptors (Lipinski definition) is 6. The maximum atomic E-state index is 4.55. The van der Waals surface area contributed by atoms with Crippen molar-refractivity contribution in [2.75, 3.05) is 11.9 Å². The second-order valence-corrected chi connectivity index (χ2v) is 5.69. The van der Waals surface area contributed by atoms with E-state index in [0.29, 0.717) is 5.95 Å². The van der Waals surface area contributed by atoms with E-state index in [9.17, 15) is 0 Å². The van der Waals surface area contributed by atoms with Crippen molar-refractivity contribution in [3.05, 3.63) is 52.7 Å². The number of nitrogens with zero attached hydrogens (tertiary/aromatic N) is 4. The molecule has 0 saturated carbocycles. The lowest BCUT2D eigenvalue weighted by Crippen LogP contribution is -2.08. The second-order valence-electron chi connectivity index (χ2n) is 4.74. The SMILES string of the molecule is CCc1csc(CCNc2nccc(-c3ccccn3)n2)n1. The highest BCUT2D eigenvalue weighted by atomic mass is 32.1. The molecule has 0 atom stereocenters. The zero-order valence-corrected chi connectivity index (χ0v) is 13.2. The van der Waals surface area contributed by atoms with Crippen LogP contribution in [0.2, 0.25) is 0 Å². The highest BCUT2D eigenvalue weighted by Gasteiger charge is 2.04. The summed E-state index contributed by atoms with van der Waals surface area (Å²) in [5.41, 5.74) is 2.83. The largest absolute Gasteiger partial charge is 0.354 e. The molecule has 0 aromatic carbocycles. The van der Waals surface area contributed by atoms with Crippen LogP contribution in [0.3, 0.4) is 0 Å². The normalized spacial score (nSPS) is 10.6. The first-order valence-corrected chi connectivity index (χ1v) is 8.14. The maximum absolute atomic E-state index is 4.55. The van der Waals surface area contributed by atoms with Gasteiger partial charge in [0.05, 0.1) is 22.1 Å². The summed E-state index contributed by atoms with van der Waals surface area (Å²) >= 11 is 1.71. The molecule has 3 aromatic rings. The van der Waals surface area contributed by atoms with Crippen LogP contribution in [0.4, 0.5) is 5.95 Å². The number of hydrogen-bond donors (Lipinski definition) is 1. The quantitative estimate of drug-likeness (QED) is 0.757. The van der Waals surface area contributed by atoms with Crippen LogP contribution in [0.15, 0.2) is 42.0 Å². The van der Waals surface area contributed by atoms with E-state index in [2.05, 4.69) is 37.6 Å². The molecule has 0 saturated heterocycles. The molecule has 0 bridgehead atoms. The predicted molar refractivity (Wildman–Crippen MR) is 88.9 cm³/mol. The summed E-state index contributed by atoms with van der Waals surface area (Å²) in [7, 11) is 0. The van der Waals surface area contributed by atoms with Crippen LogP contribution in [0.1, 0.15) is 17.6 Å². The van der Waals surface area contributed by atoms with E-state index in [0.717, 1.165) is 41.5 Å². The third-order valence-corrected chi connectivity index (χ3v) is 4.12. The van der Waals surface area contributed by atoms with Gasteiger partial charge < -0.3 is 5.32 Å². The molecule has 0 aliphatic rings. The van der Waals surface area contributed by atoms with Crippen LogP contribution in [0.25, 0.3) is 11.4 Å². The number of thiazole rings is 1. The number of aromatic nitrogens is 4. The van der Waals surface area contributed by atoms with Crippen LogP contribution < -0.4 is 5.32 Å². The Morgan fingerprint density at radius 2 is 2.00 bits per heavy atom. The number of nitrogens with one attached hydrogen (secondary N) is 1. The van der Waals surface area contributed by atoms with Crippen molar-refractivity contribution in [3.8, 4) is 11.4 Å². The van der Waals surface area contributed by atoms with Gasteiger partial charge >= 0.3 is 0 Å². The fraction of sp³-hybridized carbons (Fsp3) is 0.250. The van der Waals surface area contributed by atoms with Crippen LogP contribution in [-0.2, 0) is 12.8 Å². The molecular formula is C16H17N5S. The Balaban J connectivity index is 1.61.